The number of ether oxygens (including phenoxy) is 2. The summed E-state index contributed by atoms with van der Waals surface area (Å²) in [6, 6.07) is 6.25. The van der Waals surface area contributed by atoms with Crippen molar-refractivity contribution in [3.05, 3.63) is 41.6 Å². The number of halogens is 2. The Bertz CT molecular complexity index is 676. The SMILES string of the molecule is CCOC(=O)c1cccc(SC(F)F)c1COc1ccn(C)n1. The van der Waals surface area contributed by atoms with E-state index in [-0.39, 0.29) is 23.7 Å². The molecule has 1 aromatic heterocycles. The van der Waals surface area contributed by atoms with Gasteiger partial charge in [-0.2, -0.15) is 8.78 Å². The zero-order valence-electron chi connectivity index (χ0n) is 12.7. The van der Waals surface area contributed by atoms with E-state index in [4.69, 9.17) is 9.47 Å². The summed E-state index contributed by atoms with van der Waals surface area (Å²) in [5.74, 6) is -2.82. The number of aryl methyl sites for hydroxylation is 1. The summed E-state index contributed by atoms with van der Waals surface area (Å²) in [6.07, 6.45) is 1.70. The van der Waals surface area contributed by atoms with Gasteiger partial charge < -0.3 is 9.47 Å². The topological polar surface area (TPSA) is 53.4 Å². The summed E-state index contributed by atoms with van der Waals surface area (Å²) in [6.45, 7) is 1.83. The summed E-state index contributed by atoms with van der Waals surface area (Å²) >= 11 is 0.368. The highest BCUT2D eigenvalue weighted by Crippen LogP contribution is 2.31. The molecule has 0 amide bonds. The van der Waals surface area contributed by atoms with Gasteiger partial charge in [-0.15, -0.1) is 5.10 Å². The molecule has 0 fully saturated rings. The van der Waals surface area contributed by atoms with Crippen LogP contribution in [-0.4, -0.2) is 28.1 Å². The number of esters is 1. The van der Waals surface area contributed by atoms with Crippen LogP contribution >= 0.6 is 11.8 Å². The Morgan fingerprint density at radius 2 is 2.17 bits per heavy atom. The van der Waals surface area contributed by atoms with Gasteiger partial charge in [-0.3, -0.25) is 4.68 Å². The number of carbonyl (C=O) groups is 1. The van der Waals surface area contributed by atoms with Gasteiger partial charge in [0.1, 0.15) is 6.61 Å². The van der Waals surface area contributed by atoms with Crippen molar-refractivity contribution in [1.29, 1.82) is 0 Å². The fourth-order valence-electron chi connectivity index (χ4n) is 1.94. The van der Waals surface area contributed by atoms with Crippen molar-refractivity contribution in [3.8, 4) is 5.88 Å². The fourth-order valence-corrected chi connectivity index (χ4v) is 2.60. The molecule has 0 unspecified atom stereocenters. The Morgan fingerprint density at radius 1 is 1.39 bits per heavy atom. The van der Waals surface area contributed by atoms with Gasteiger partial charge >= 0.3 is 5.97 Å². The summed E-state index contributed by atoms with van der Waals surface area (Å²) < 4.78 is 37.5. The van der Waals surface area contributed by atoms with E-state index in [2.05, 4.69) is 5.10 Å². The van der Waals surface area contributed by atoms with E-state index in [0.29, 0.717) is 23.2 Å². The van der Waals surface area contributed by atoms with E-state index in [1.54, 1.807) is 37.0 Å². The Kier molecular flexibility index (Phi) is 5.97. The van der Waals surface area contributed by atoms with Crippen molar-refractivity contribution in [1.82, 2.24) is 9.78 Å². The molecular formula is C15H16F2N2O3S. The molecule has 0 aliphatic carbocycles. The minimum Gasteiger partial charge on any atom is -0.472 e. The minimum absolute atomic E-state index is 0.0545. The highest BCUT2D eigenvalue weighted by molar-refractivity contribution is 7.99. The third-order valence-corrected chi connectivity index (χ3v) is 3.71. The Balaban J connectivity index is 2.29. The van der Waals surface area contributed by atoms with E-state index in [9.17, 15) is 13.6 Å². The number of hydrogen-bond donors (Lipinski definition) is 0. The van der Waals surface area contributed by atoms with Gasteiger partial charge in [0, 0.05) is 29.8 Å². The second-order valence-electron chi connectivity index (χ2n) is 4.50. The van der Waals surface area contributed by atoms with Crippen LogP contribution in [0.5, 0.6) is 5.88 Å². The van der Waals surface area contributed by atoms with Crippen LogP contribution in [0.3, 0.4) is 0 Å². The minimum atomic E-state index is -2.60. The molecule has 124 valence electrons. The lowest BCUT2D eigenvalue weighted by molar-refractivity contribution is 0.0522. The van der Waals surface area contributed by atoms with Crippen LogP contribution in [0.2, 0.25) is 0 Å². The molecule has 0 atom stereocenters. The van der Waals surface area contributed by atoms with Gasteiger partial charge in [0.25, 0.3) is 5.76 Å². The van der Waals surface area contributed by atoms with Crippen LogP contribution in [0.4, 0.5) is 8.78 Å². The number of rotatable bonds is 7. The van der Waals surface area contributed by atoms with Gasteiger partial charge in [-0.1, -0.05) is 17.8 Å². The molecule has 23 heavy (non-hydrogen) atoms. The van der Waals surface area contributed by atoms with E-state index < -0.39 is 11.7 Å². The number of aromatic nitrogens is 2. The Morgan fingerprint density at radius 3 is 2.78 bits per heavy atom. The first-order valence-corrected chi connectivity index (χ1v) is 7.75. The first-order valence-electron chi connectivity index (χ1n) is 6.87. The lowest BCUT2D eigenvalue weighted by Crippen LogP contribution is -2.11. The first-order chi connectivity index (χ1) is 11.0. The van der Waals surface area contributed by atoms with Gasteiger partial charge in [0.15, 0.2) is 0 Å². The predicted molar refractivity (Wildman–Crippen MR) is 81.8 cm³/mol. The summed E-state index contributed by atoms with van der Waals surface area (Å²) in [5.41, 5.74) is 0.579. The molecule has 0 saturated carbocycles. The molecule has 2 rings (SSSR count). The molecule has 0 N–H and O–H groups in total. The van der Waals surface area contributed by atoms with Crippen molar-refractivity contribution in [2.75, 3.05) is 6.61 Å². The van der Waals surface area contributed by atoms with Gasteiger partial charge in [-0.05, 0) is 19.1 Å². The molecule has 0 bridgehead atoms. The van der Waals surface area contributed by atoms with Crippen LogP contribution < -0.4 is 4.74 Å². The molecule has 8 heteroatoms. The average molecular weight is 342 g/mol. The number of alkyl halides is 2. The zero-order valence-corrected chi connectivity index (χ0v) is 13.5. The molecule has 0 spiro atoms. The van der Waals surface area contributed by atoms with Crippen molar-refractivity contribution < 1.29 is 23.0 Å². The van der Waals surface area contributed by atoms with Crippen molar-refractivity contribution in [3.63, 3.8) is 0 Å². The summed E-state index contributed by atoms with van der Waals surface area (Å²) in [7, 11) is 1.73. The first kappa shape index (κ1) is 17.3. The molecule has 0 aliphatic rings. The Labute approximate surface area is 136 Å². The van der Waals surface area contributed by atoms with Gasteiger partial charge in [-0.25, -0.2) is 4.79 Å². The maximum absolute atomic E-state index is 12.7. The van der Waals surface area contributed by atoms with E-state index in [1.807, 2.05) is 0 Å². The third-order valence-electron chi connectivity index (χ3n) is 2.90. The second-order valence-corrected chi connectivity index (χ2v) is 5.53. The normalized spacial score (nSPS) is 10.8. The highest BCUT2D eigenvalue weighted by atomic mass is 32.2. The number of carbonyl (C=O) groups excluding carboxylic acids is 1. The van der Waals surface area contributed by atoms with Crippen LogP contribution in [0, 0.1) is 0 Å². The molecule has 5 nitrogen and oxygen atoms in total. The number of hydrogen-bond acceptors (Lipinski definition) is 5. The van der Waals surface area contributed by atoms with Gasteiger partial charge in [0.05, 0.1) is 12.2 Å². The molecule has 1 aromatic carbocycles. The maximum atomic E-state index is 12.7. The van der Waals surface area contributed by atoms with Crippen molar-refractivity contribution in [2.45, 2.75) is 24.2 Å². The molecule has 0 radical (unpaired) electrons. The second kappa shape index (κ2) is 7.96. The summed E-state index contributed by atoms with van der Waals surface area (Å²) in [5, 5.41) is 4.05. The monoisotopic (exact) mass is 342 g/mol. The third kappa shape index (κ3) is 4.69. The van der Waals surface area contributed by atoms with E-state index >= 15 is 0 Å². The van der Waals surface area contributed by atoms with E-state index in [1.165, 1.54) is 12.1 Å². The average Bonchev–Trinajstić information content (AvgIpc) is 2.91. The smallest absolute Gasteiger partial charge is 0.338 e. The molecule has 0 saturated heterocycles. The lowest BCUT2D eigenvalue weighted by Gasteiger charge is -2.13. The van der Waals surface area contributed by atoms with Crippen molar-refractivity contribution >= 4 is 17.7 Å². The quantitative estimate of drug-likeness (QED) is 0.569. The van der Waals surface area contributed by atoms with E-state index in [0.717, 1.165) is 0 Å². The molecule has 1 heterocycles. The standard InChI is InChI=1S/C15H16F2N2O3S/c1-3-21-14(20)10-5-4-6-12(23-15(16)17)11(10)9-22-13-7-8-19(2)18-13/h4-8,15H,3,9H2,1-2H3. The predicted octanol–water partition coefficient (Wildman–Crippen LogP) is 3.49. The molecular weight excluding hydrogens is 326 g/mol. The van der Waals surface area contributed by atoms with Crippen LogP contribution in [0.15, 0.2) is 35.4 Å². The largest absolute Gasteiger partial charge is 0.472 e. The molecule has 0 aliphatic heterocycles. The zero-order chi connectivity index (χ0) is 16.8. The fraction of sp³-hybridized carbons (Fsp3) is 0.333. The van der Waals surface area contributed by atoms with Crippen LogP contribution in [0.1, 0.15) is 22.8 Å². The highest BCUT2D eigenvalue weighted by Gasteiger charge is 2.19. The van der Waals surface area contributed by atoms with Crippen LogP contribution in [-0.2, 0) is 18.4 Å². The van der Waals surface area contributed by atoms with Crippen molar-refractivity contribution in [2.24, 2.45) is 7.05 Å². The molecule has 2 aromatic rings. The number of nitrogens with zero attached hydrogens (tertiary/aromatic N) is 2. The maximum Gasteiger partial charge on any atom is 0.338 e. The summed E-state index contributed by atoms with van der Waals surface area (Å²) in [4.78, 5) is 12.3. The van der Waals surface area contributed by atoms with Gasteiger partial charge in [0.2, 0.25) is 5.88 Å². The van der Waals surface area contributed by atoms with Crippen LogP contribution in [0.25, 0.3) is 0 Å². The Hall–Kier alpha value is -2.09. The lowest BCUT2D eigenvalue weighted by atomic mass is 10.1. The number of thioether (sulfide) groups is 1. The number of benzene rings is 1.